The molecule has 0 aliphatic rings. The molecule has 5 heterocycles. The van der Waals surface area contributed by atoms with Crippen LogP contribution in [-0.2, 0) is 0 Å². The first kappa shape index (κ1) is 49.5. The van der Waals surface area contributed by atoms with Gasteiger partial charge in [-0.05, 0) is 108 Å². The summed E-state index contributed by atoms with van der Waals surface area (Å²) >= 11 is 42.5. The number of aromatic nitrogens is 4. The van der Waals surface area contributed by atoms with Crippen molar-refractivity contribution in [1.82, 2.24) is 19.9 Å². The Labute approximate surface area is 399 Å². The van der Waals surface area contributed by atoms with Crippen LogP contribution in [0.25, 0.3) is 33.2 Å². The normalized spacial score (nSPS) is 10.2. The second kappa shape index (κ2) is 23.9. The van der Waals surface area contributed by atoms with Gasteiger partial charge in [0.05, 0.1) is 37.9 Å². The van der Waals surface area contributed by atoms with Crippen LogP contribution in [0, 0.1) is 3.57 Å². The largest absolute Gasteiger partial charge is 0.497 e. The van der Waals surface area contributed by atoms with E-state index in [1.807, 2.05) is 18.2 Å². The van der Waals surface area contributed by atoms with Crippen LogP contribution in [0.1, 0.15) is 0 Å². The van der Waals surface area contributed by atoms with Gasteiger partial charge in [-0.3, -0.25) is 0 Å². The Morgan fingerprint density at radius 1 is 0.541 bits per heavy atom. The topological polar surface area (TPSA) is 202 Å². The Morgan fingerprint density at radius 3 is 1.64 bits per heavy atom. The number of nitrogens with zero attached hydrogens (tertiary/aromatic N) is 4. The number of pyridine rings is 4. The molecule has 8 aromatic rings. The van der Waals surface area contributed by atoms with Crippen molar-refractivity contribution >= 4 is 156 Å². The molecule has 0 atom stereocenters. The van der Waals surface area contributed by atoms with Crippen molar-refractivity contribution in [3.05, 3.63) is 148 Å². The third kappa shape index (κ3) is 15.0. The summed E-state index contributed by atoms with van der Waals surface area (Å²) in [6.07, 6.45) is 6.10. The molecule has 8 N–H and O–H groups in total. The average molecular weight is 1080 g/mol. The zero-order valence-corrected chi connectivity index (χ0v) is 39.1. The van der Waals surface area contributed by atoms with E-state index in [1.165, 1.54) is 31.8 Å². The number of nitrogen functional groups attached to an aromatic ring is 3. The number of halogens is 8. The molecule has 0 aliphatic heterocycles. The van der Waals surface area contributed by atoms with E-state index in [0.29, 0.717) is 75.4 Å². The van der Waals surface area contributed by atoms with Gasteiger partial charge in [0.1, 0.15) is 34.5 Å². The molecule has 21 heteroatoms. The molecule has 3 aromatic carbocycles. The lowest BCUT2D eigenvalue weighted by molar-refractivity contribution is 0.403. The molecule has 0 unspecified atom stereocenters. The highest BCUT2D eigenvalue weighted by Gasteiger charge is 2.17. The molecule has 12 nitrogen and oxygen atoms in total. The second-order valence-corrected chi connectivity index (χ2v) is 16.1. The monoisotopic (exact) mass is 1070 g/mol. The summed E-state index contributed by atoms with van der Waals surface area (Å²) in [6.45, 7) is 0. The molecule has 61 heavy (non-hydrogen) atoms. The maximum Gasteiger partial charge on any atom is 0.492 e. The minimum absolute atomic E-state index is 0.269. The number of hydrogen-bond donors (Lipinski definition) is 5. The van der Waals surface area contributed by atoms with Crippen LogP contribution in [0.4, 0.5) is 17.5 Å². The fraction of sp³-hybridized carbons (Fsp3) is 0.0500. The molecule has 5 aromatic heterocycles. The molecule has 0 fully saturated rings. The van der Waals surface area contributed by atoms with E-state index < -0.39 is 7.12 Å². The fourth-order valence-corrected chi connectivity index (χ4v) is 6.65. The Kier molecular flexibility index (Phi) is 19.4. The van der Waals surface area contributed by atoms with E-state index >= 15 is 0 Å². The third-order valence-electron chi connectivity index (χ3n) is 7.65. The highest BCUT2D eigenvalue weighted by Crippen LogP contribution is 2.36. The van der Waals surface area contributed by atoms with Crippen LogP contribution in [0.2, 0.25) is 35.2 Å². The number of hydrogen-bond acceptors (Lipinski definition) is 12. The lowest BCUT2D eigenvalue weighted by Crippen LogP contribution is -2.31. The third-order valence-corrected chi connectivity index (χ3v) is 10.1. The Morgan fingerprint density at radius 2 is 1.05 bits per heavy atom. The SMILES string of the molecule is COc1ccc(Cl)cc1-c1cc(Cl)cnc1N.COc1ccc(Cl)cc1B(O)O.Clc1ccc2oc3ncc(Cl)cc3c2c1.Nc1ccc(Cl)cn1.Nc1ncc(Cl)cc1I. The van der Waals surface area contributed by atoms with Crippen LogP contribution in [-0.4, -0.2) is 51.3 Å². The number of ether oxygens (including phenoxy) is 2. The highest BCUT2D eigenvalue weighted by atomic mass is 127. The molecule has 316 valence electrons. The van der Waals surface area contributed by atoms with E-state index in [4.69, 9.17) is 122 Å². The zero-order chi connectivity index (χ0) is 44.8. The molecular formula is C40H32BCl7IN7O5. The number of fused-ring (bicyclic) bond motifs is 3. The van der Waals surface area contributed by atoms with E-state index in [-0.39, 0.29) is 5.46 Å². The van der Waals surface area contributed by atoms with E-state index in [0.717, 1.165) is 25.5 Å². The van der Waals surface area contributed by atoms with Crippen molar-refractivity contribution in [2.75, 3.05) is 31.4 Å². The summed E-state index contributed by atoms with van der Waals surface area (Å²) in [5, 5.41) is 23.6. The molecule has 0 saturated carbocycles. The summed E-state index contributed by atoms with van der Waals surface area (Å²) in [4.78, 5) is 15.7. The predicted molar refractivity (Wildman–Crippen MR) is 260 cm³/mol. The number of furan rings is 1. The van der Waals surface area contributed by atoms with Crippen LogP contribution in [0.15, 0.2) is 114 Å². The lowest BCUT2D eigenvalue weighted by Gasteiger charge is -2.10. The molecular weight excluding hydrogens is 1040 g/mol. The summed E-state index contributed by atoms with van der Waals surface area (Å²) in [5.41, 5.74) is 19.6. The fourth-order valence-electron chi connectivity index (χ4n) is 4.88. The quantitative estimate of drug-likeness (QED) is 0.0826. The molecule has 0 aliphatic carbocycles. The van der Waals surface area contributed by atoms with Crippen LogP contribution < -0.4 is 32.1 Å². The Bertz CT molecular complexity index is 2640. The maximum atomic E-state index is 8.88. The Balaban J connectivity index is 0.000000172. The van der Waals surface area contributed by atoms with E-state index in [1.54, 1.807) is 74.0 Å². The number of methoxy groups -OCH3 is 2. The summed E-state index contributed by atoms with van der Waals surface area (Å²) in [7, 11) is 1.48. The standard InChI is InChI=1S/C12H10Cl2N2O.C11H5Cl2NO.C7H8BClO3.C5H4ClIN2.C5H5ClN2/c1-17-11-3-2-7(13)4-9(11)10-5-8(14)6-16-12(10)15;12-6-1-2-10-8(3-6)9-4-7(13)5-14-11(9)15-10;1-12-7-3-2-5(9)4-6(7)8(10)11;6-3-1-4(7)5(8)9-2-3;6-4-1-2-5(7)8-3-4/h2-6H,1H3,(H2,15,16);1-5H;2-4,10-11H,1H3;1-2H,(H2,8,9);1-3H,(H2,7,8). The first-order chi connectivity index (χ1) is 29.0. The van der Waals surface area contributed by atoms with Gasteiger partial charge in [-0.1, -0.05) is 81.2 Å². The van der Waals surface area contributed by atoms with Crippen molar-refractivity contribution in [2.24, 2.45) is 0 Å². The second-order valence-electron chi connectivity index (χ2n) is 11.9. The van der Waals surface area contributed by atoms with Gasteiger partial charge in [-0.25, -0.2) is 19.9 Å². The van der Waals surface area contributed by atoms with Gasteiger partial charge in [0.2, 0.25) is 5.71 Å². The number of rotatable bonds is 4. The summed E-state index contributed by atoms with van der Waals surface area (Å²) in [5.74, 6) is 2.49. The predicted octanol–water partition coefficient (Wildman–Crippen LogP) is 11.2. The maximum absolute atomic E-state index is 8.88. The lowest BCUT2D eigenvalue weighted by atomic mass is 9.79. The first-order valence-electron chi connectivity index (χ1n) is 17.0. The van der Waals surface area contributed by atoms with Gasteiger partial charge in [0.15, 0.2) is 0 Å². The van der Waals surface area contributed by atoms with Crippen molar-refractivity contribution in [2.45, 2.75) is 0 Å². The van der Waals surface area contributed by atoms with Gasteiger partial charge in [0, 0.05) is 67.2 Å². The molecule has 8 rings (SSSR count). The number of anilines is 3. The van der Waals surface area contributed by atoms with E-state index in [9.17, 15) is 0 Å². The van der Waals surface area contributed by atoms with Crippen molar-refractivity contribution < 1.29 is 23.9 Å². The smallest absolute Gasteiger partial charge is 0.492 e. The molecule has 0 spiro atoms. The first-order valence-corrected chi connectivity index (χ1v) is 20.7. The van der Waals surface area contributed by atoms with E-state index in [2.05, 4.69) is 42.5 Å². The number of nitrogens with two attached hydrogens (primary N) is 3. The van der Waals surface area contributed by atoms with Crippen molar-refractivity contribution in [3.63, 3.8) is 0 Å². The molecule has 0 bridgehead atoms. The van der Waals surface area contributed by atoms with Crippen LogP contribution in [0.3, 0.4) is 0 Å². The van der Waals surface area contributed by atoms with Crippen LogP contribution in [0.5, 0.6) is 11.5 Å². The van der Waals surface area contributed by atoms with Crippen LogP contribution >= 0.6 is 104 Å². The number of benzene rings is 3. The minimum Gasteiger partial charge on any atom is -0.497 e. The highest BCUT2D eigenvalue weighted by molar-refractivity contribution is 14.1. The van der Waals surface area contributed by atoms with Crippen molar-refractivity contribution in [1.29, 1.82) is 0 Å². The molecule has 0 saturated heterocycles. The van der Waals surface area contributed by atoms with Gasteiger partial charge in [-0.15, -0.1) is 0 Å². The summed E-state index contributed by atoms with van der Waals surface area (Å²) < 4.78 is 16.6. The Hall–Kier alpha value is -4.20. The minimum atomic E-state index is -1.56. The van der Waals surface area contributed by atoms with Gasteiger partial charge in [0.25, 0.3) is 0 Å². The average Bonchev–Trinajstić information content (AvgIpc) is 3.59. The van der Waals surface area contributed by atoms with Gasteiger partial charge < -0.3 is 41.1 Å². The van der Waals surface area contributed by atoms with Gasteiger partial charge in [-0.2, -0.15) is 0 Å². The summed E-state index contributed by atoms with van der Waals surface area (Å²) in [6, 6.07) is 24.1. The molecule has 0 radical (unpaired) electrons. The van der Waals surface area contributed by atoms with Crippen molar-refractivity contribution in [3.8, 4) is 22.6 Å². The van der Waals surface area contributed by atoms with Gasteiger partial charge >= 0.3 is 7.12 Å². The molecule has 0 amide bonds. The zero-order valence-electron chi connectivity index (χ0n) is 31.6.